The number of ether oxygens (including phenoxy) is 1. The Labute approximate surface area is 135 Å². The van der Waals surface area contributed by atoms with Crippen LogP contribution in [0, 0.1) is 0 Å². The first-order valence-corrected chi connectivity index (χ1v) is 7.37. The number of esters is 1. The normalized spacial score (nSPS) is 15.2. The molecular weight excluding hydrogens is 371 g/mol. The Balaban J connectivity index is 3.24. The van der Waals surface area contributed by atoms with E-state index in [1.165, 1.54) is 18.2 Å². The molecule has 0 saturated heterocycles. The van der Waals surface area contributed by atoms with Crippen molar-refractivity contribution in [3.05, 3.63) is 33.8 Å². The fourth-order valence-corrected chi connectivity index (χ4v) is 2.02. The number of halogens is 3. The van der Waals surface area contributed by atoms with Crippen LogP contribution in [0.1, 0.15) is 25.8 Å². The van der Waals surface area contributed by atoms with E-state index < -0.39 is 16.3 Å². The molecule has 0 bridgehead atoms. The van der Waals surface area contributed by atoms with E-state index in [-0.39, 0.29) is 21.7 Å². The lowest BCUT2D eigenvalue weighted by Crippen LogP contribution is -2.40. The van der Waals surface area contributed by atoms with E-state index in [0.717, 1.165) is 0 Å². The molecule has 0 amide bonds. The van der Waals surface area contributed by atoms with Gasteiger partial charge in [-0.25, -0.2) is 9.59 Å². The number of aliphatic carboxylic acids is 1. The number of rotatable bonds is 5. The Bertz CT molecular complexity index is 535. The van der Waals surface area contributed by atoms with E-state index in [0.29, 0.717) is 6.42 Å². The molecule has 1 aromatic carbocycles. The van der Waals surface area contributed by atoms with Crippen molar-refractivity contribution < 1.29 is 19.4 Å². The lowest BCUT2D eigenvalue weighted by atomic mass is 9.99. The van der Waals surface area contributed by atoms with Crippen molar-refractivity contribution in [2.45, 2.75) is 30.7 Å². The van der Waals surface area contributed by atoms with Crippen molar-refractivity contribution in [3.8, 4) is 0 Å². The molecule has 20 heavy (non-hydrogen) atoms. The number of benzene rings is 1. The van der Waals surface area contributed by atoms with Gasteiger partial charge in [-0.05, 0) is 31.0 Å². The van der Waals surface area contributed by atoms with Gasteiger partial charge in [-0.3, -0.25) is 0 Å². The number of hydrogen-bond acceptors (Lipinski definition) is 3. The third-order valence-corrected chi connectivity index (χ3v) is 4.64. The molecule has 0 aliphatic carbocycles. The van der Waals surface area contributed by atoms with Crippen LogP contribution in [0.5, 0.6) is 0 Å². The van der Waals surface area contributed by atoms with Gasteiger partial charge in [0, 0.05) is 0 Å². The number of carbonyl (C=O) groups excluding carboxylic acids is 1. The average Bonchev–Trinajstić information content (AvgIpc) is 2.40. The molecule has 0 aromatic heterocycles. The summed E-state index contributed by atoms with van der Waals surface area (Å²) in [4.78, 5) is 23.7. The van der Waals surface area contributed by atoms with Crippen molar-refractivity contribution in [2.75, 3.05) is 0 Å². The largest absolute Gasteiger partial charge is 0.480 e. The quantitative estimate of drug-likeness (QED) is 0.474. The van der Waals surface area contributed by atoms with Crippen LogP contribution < -0.4 is 0 Å². The second-order valence-corrected chi connectivity index (χ2v) is 6.22. The average molecular weight is 384 g/mol. The van der Waals surface area contributed by atoms with Crippen LogP contribution in [0.25, 0.3) is 0 Å². The van der Waals surface area contributed by atoms with E-state index in [1.807, 2.05) is 6.92 Å². The van der Waals surface area contributed by atoms with Crippen molar-refractivity contribution in [1.82, 2.24) is 0 Å². The van der Waals surface area contributed by atoms with Crippen molar-refractivity contribution >= 4 is 51.1 Å². The molecule has 1 rings (SSSR count). The second kappa shape index (κ2) is 6.78. The molecule has 7 heteroatoms. The fraction of sp³-hybridized carbons (Fsp3) is 0.385. The maximum Gasteiger partial charge on any atom is 0.339 e. The molecule has 2 unspecified atom stereocenters. The highest BCUT2D eigenvalue weighted by molar-refractivity contribution is 9.10. The Morgan fingerprint density at radius 2 is 2.00 bits per heavy atom. The molecule has 0 heterocycles. The van der Waals surface area contributed by atoms with E-state index in [2.05, 4.69) is 15.9 Å². The van der Waals surface area contributed by atoms with Gasteiger partial charge in [0.15, 0.2) is 0 Å². The van der Waals surface area contributed by atoms with E-state index in [9.17, 15) is 14.7 Å². The van der Waals surface area contributed by atoms with Crippen molar-refractivity contribution in [1.29, 1.82) is 0 Å². The van der Waals surface area contributed by atoms with Gasteiger partial charge < -0.3 is 9.84 Å². The van der Waals surface area contributed by atoms with Gasteiger partial charge in [0.1, 0.15) is 0 Å². The summed E-state index contributed by atoms with van der Waals surface area (Å²) in [7, 11) is 0. The predicted molar refractivity (Wildman–Crippen MR) is 80.5 cm³/mol. The Hall–Kier alpha value is -0.780. The third-order valence-electron chi connectivity index (χ3n) is 2.78. The fourth-order valence-electron chi connectivity index (χ4n) is 1.39. The Morgan fingerprint density at radius 3 is 2.45 bits per heavy atom. The van der Waals surface area contributed by atoms with Gasteiger partial charge in [-0.2, -0.15) is 0 Å². The van der Waals surface area contributed by atoms with Gasteiger partial charge in [-0.1, -0.05) is 52.1 Å². The maximum absolute atomic E-state index is 12.1. The van der Waals surface area contributed by atoms with Gasteiger partial charge >= 0.3 is 11.9 Å². The van der Waals surface area contributed by atoms with Crippen LogP contribution in [0.2, 0.25) is 10.0 Å². The molecular formula is C13H13BrCl2O4. The minimum atomic E-state index is -2.01. The summed E-state index contributed by atoms with van der Waals surface area (Å²) >= 11 is 14.6. The van der Waals surface area contributed by atoms with E-state index >= 15 is 0 Å². The highest BCUT2D eigenvalue weighted by Crippen LogP contribution is 2.37. The number of hydrogen-bond donors (Lipinski definition) is 1. The number of alkyl halides is 1. The van der Waals surface area contributed by atoms with Crippen LogP contribution >= 0.6 is 39.1 Å². The summed E-state index contributed by atoms with van der Waals surface area (Å²) in [6.07, 6.45) is 0.192. The first-order valence-electron chi connectivity index (χ1n) is 5.82. The minimum absolute atomic E-state index is 0.146. The van der Waals surface area contributed by atoms with Crippen LogP contribution in [-0.2, 0) is 18.7 Å². The van der Waals surface area contributed by atoms with Crippen LogP contribution in [-0.4, -0.2) is 23.1 Å². The lowest BCUT2D eigenvalue weighted by Gasteiger charge is -2.23. The van der Waals surface area contributed by atoms with E-state index in [1.54, 1.807) is 6.92 Å². The smallest absolute Gasteiger partial charge is 0.339 e. The lowest BCUT2D eigenvalue weighted by molar-refractivity contribution is -0.159. The molecule has 110 valence electrons. The van der Waals surface area contributed by atoms with Gasteiger partial charge in [0.25, 0.3) is 0 Å². The molecule has 1 aromatic rings. The summed E-state index contributed by atoms with van der Waals surface area (Å²) < 4.78 is 3.10. The monoisotopic (exact) mass is 382 g/mol. The zero-order valence-electron chi connectivity index (χ0n) is 10.8. The summed E-state index contributed by atoms with van der Waals surface area (Å²) in [5.41, 5.74) is 0.146. The first-order chi connectivity index (χ1) is 9.23. The van der Waals surface area contributed by atoms with Crippen molar-refractivity contribution in [2.24, 2.45) is 0 Å². The molecule has 1 N–H and O–H groups in total. The SMILES string of the molecule is CCC(C)OC(=O)C(Br)(C(=O)O)c1ccc(Cl)c(Cl)c1. The summed E-state index contributed by atoms with van der Waals surface area (Å²) in [5, 5.41) is 9.81. The number of carboxylic acids is 1. The standard InChI is InChI=1S/C13H13BrCl2O4/c1-3-7(2)20-12(19)13(14,11(17)18)8-4-5-9(15)10(16)6-8/h4-7H,3H2,1-2H3,(H,17,18). The Kier molecular flexibility index (Phi) is 5.86. The third kappa shape index (κ3) is 3.45. The Morgan fingerprint density at radius 1 is 1.40 bits per heavy atom. The van der Waals surface area contributed by atoms with Gasteiger partial charge in [-0.15, -0.1) is 0 Å². The highest BCUT2D eigenvalue weighted by atomic mass is 79.9. The molecule has 0 aliphatic heterocycles. The molecule has 0 fully saturated rings. The number of carboxylic acid groups (broad SMARTS) is 1. The van der Waals surface area contributed by atoms with Crippen molar-refractivity contribution in [3.63, 3.8) is 0 Å². The topological polar surface area (TPSA) is 63.6 Å². The predicted octanol–water partition coefficient (Wildman–Crippen LogP) is 4.01. The maximum atomic E-state index is 12.1. The van der Waals surface area contributed by atoms with Crippen LogP contribution in [0.4, 0.5) is 0 Å². The van der Waals surface area contributed by atoms with E-state index in [4.69, 9.17) is 27.9 Å². The summed E-state index contributed by atoms with van der Waals surface area (Å²) in [5.74, 6) is -2.29. The minimum Gasteiger partial charge on any atom is -0.480 e. The van der Waals surface area contributed by atoms with Crippen LogP contribution in [0.3, 0.4) is 0 Å². The van der Waals surface area contributed by atoms with Crippen LogP contribution in [0.15, 0.2) is 18.2 Å². The molecule has 0 radical (unpaired) electrons. The molecule has 0 aliphatic rings. The number of carbonyl (C=O) groups is 2. The molecule has 0 spiro atoms. The zero-order chi connectivity index (χ0) is 15.5. The summed E-state index contributed by atoms with van der Waals surface area (Å²) in [6, 6.07) is 4.16. The first kappa shape index (κ1) is 17.3. The van der Waals surface area contributed by atoms with Gasteiger partial charge in [0.05, 0.1) is 16.1 Å². The molecule has 4 nitrogen and oxygen atoms in total. The molecule has 0 saturated carbocycles. The zero-order valence-corrected chi connectivity index (χ0v) is 13.9. The summed E-state index contributed by atoms with van der Waals surface area (Å²) in [6.45, 7) is 3.51. The molecule has 2 atom stereocenters. The van der Waals surface area contributed by atoms with Gasteiger partial charge in [0.2, 0.25) is 4.32 Å². The second-order valence-electron chi connectivity index (χ2n) is 4.22. The highest BCUT2D eigenvalue weighted by Gasteiger charge is 2.48.